The molecule has 0 bridgehead atoms. The molecule has 1 rings (SSSR count). The van der Waals surface area contributed by atoms with Crippen LogP contribution in [-0.2, 0) is 16.1 Å². The van der Waals surface area contributed by atoms with Crippen LogP contribution >= 0.6 is 11.8 Å². The monoisotopic (exact) mass is 240 g/mol. The molecule has 0 aliphatic carbocycles. The van der Waals surface area contributed by atoms with E-state index in [-0.39, 0.29) is 5.97 Å². The fourth-order valence-corrected chi connectivity index (χ4v) is 2.04. The molecule has 0 amide bonds. The summed E-state index contributed by atoms with van der Waals surface area (Å²) in [6, 6.07) is 2.07. The van der Waals surface area contributed by atoms with Gasteiger partial charge in [0.1, 0.15) is 0 Å². The summed E-state index contributed by atoms with van der Waals surface area (Å²) in [6.07, 6.45) is 1.82. The van der Waals surface area contributed by atoms with Crippen LogP contribution in [0.5, 0.6) is 0 Å². The van der Waals surface area contributed by atoms with Crippen molar-refractivity contribution in [3.8, 4) is 0 Å². The molecule has 0 aromatic carbocycles. The van der Waals surface area contributed by atoms with E-state index in [0.29, 0.717) is 5.75 Å². The molecule has 0 unspecified atom stereocenters. The Kier molecular flexibility index (Phi) is 5.28. The Balaban J connectivity index is 2.64. The van der Waals surface area contributed by atoms with Crippen molar-refractivity contribution in [3.05, 3.63) is 23.4 Å². The van der Waals surface area contributed by atoms with Crippen molar-refractivity contribution in [1.29, 1.82) is 0 Å². The molecule has 0 saturated carbocycles. The van der Waals surface area contributed by atoms with Crippen molar-refractivity contribution in [2.24, 2.45) is 0 Å². The summed E-state index contributed by atoms with van der Waals surface area (Å²) >= 11 is 1.40. The first-order valence-electron chi connectivity index (χ1n) is 4.97. The summed E-state index contributed by atoms with van der Waals surface area (Å²) in [4.78, 5) is 15.3. The summed E-state index contributed by atoms with van der Waals surface area (Å²) in [5.74, 6) is 0.0703. The highest BCUT2D eigenvalue weighted by Crippen LogP contribution is 2.20. The van der Waals surface area contributed by atoms with Crippen LogP contribution in [0, 0.1) is 6.92 Å². The summed E-state index contributed by atoms with van der Waals surface area (Å²) in [6.45, 7) is 2.79. The first-order valence-corrected chi connectivity index (χ1v) is 5.95. The summed E-state index contributed by atoms with van der Waals surface area (Å²) < 4.78 is 4.58. The van der Waals surface area contributed by atoms with Crippen molar-refractivity contribution >= 4 is 17.7 Å². The van der Waals surface area contributed by atoms with E-state index in [0.717, 1.165) is 22.7 Å². The van der Waals surface area contributed by atoms with Gasteiger partial charge in [0.05, 0.1) is 17.9 Å². The molecule has 1 aromatic heterocycles. The Bertz CT molecular complexity index is 369. The number of nitrogens with one attached hydrogen (secondary N) is 1. The molecule has 0 saturated heterocycles. The van der Waals surface area contributed by atoms with Gasteiger partial charge >= 0.3 is 5.97 Å². The van der Waals surface area contributed by atoms with Gasteiger partial charge in [-0.2, -0.15) is 0 Å². The first-order chi connectivity index (χ1) is 7.67. The van der Waals surface area contributed by atoms with Gasteiger partial charge in [-0.15, -0.1) is 0 Å². The second kappa shape index (κ2) is 6.50. The maximum absolute atomic E-state index is 11.0. The van der Waals surface area contributed by atoms with Crippen LogP contribution in [0.1, 0.15) is 11.1 Å². The van der Waals surface area contributed by atoms with Crippen LogP contribution < -0.4 is 5.32 Å². The zero-order chi connectivity index (χ0) is 12.0. The number of aromatic nitrogens is 1. The highest BCUT2D eigenvalue weighted by atomic mass is 32.2. The van der Waals surface area contributed by atoms with E-state index >= 15 is 0 Å². The van der Waals surface area contributed by atoms with Crippen molar-refractivity contribution in [1.82, 2.24) is 10.3 Å². The number of hydrogen-bond donors (Lipinski definition) is 1. The van der Waals surface area contributed by atoms with Gasteiger partial charge in [0.25, 0.3) is 0 Å². The number of thioether (sulfide) groups is 1. The van der Waals surface area contributed by atoms with Gasteiger partial charge in [-0.05, 0) is 25.1 Å². The van der Waals surface area contributed by atoms with Gasteiger partial charge in [-0.3, -0.25) is 4.79 Å². The highest BCUT2D eigenvalue weighted by molar-refractivity contribution is 7.99. The maximum atomic E-state index is 11.0. The van der Waals surface area contributed by atoms with E-state index in [1.807, 2.05) is 20.2 Å². The smallest absolute Gasteiger partial charge is 0.316 e. The van der Waals surface area contributed by atoms with Crippen LogP contribution in [0.2, 0.25) is 0 Å². The third-order valence-electron chi connectivity index (χ3n) is 2.02. The maximum Gasteiger partial charge on any atom is 0.316 e. The molecule has 0 radical (unpaired) electrons. The predicted molar refractivity (Wildman–Crippen MR) is 64.5 cm³/mol. The Morgan fingerprint density at radius 2 is 2.38 bits per heavy atom. The number of carbonyl (C=O) groups excluding carboxylic acids is 1. The molecule has 0 fully saturated rings. The summed E-state index contributed by atoms with van der Waals surface area (Å²) in [5, 5.41) is 3.95. The Morgan fingerprint density at radius 1 is 1.62 bits per heavy atom. The van der Waals surface area contributed by atoms with Crippen LogP contribution in [0.25, 0.3) is 0 Å². The minimum atomic E-state index is -0.231. The number of pyridine rings is 1. The fraction of sp³-hybridized carbons (Fsp3) is 0.455. The SMILES string of the molecule is CNCc1cnc(SCC(=O)OC)c(C)c1. The Morgan fingerprint density at radius 3 is 2.94 bits per heavy atom. The van der Waals surface area contributed by atoms with Gasteiger partial charge < -0.3 is 10.1 Å². The second-order valence-corrected chi connectivity index (χ2v) is 4.32. The molecule has 5 heteroatoms. The summed E-state index contributed by atoms with van der Waals surface area (Å²) in [5.41, 5.74) is 2.23. The standard InChI is InChI=1S/C11H16N2O2S/c1-8-4-9(5-12-2)6-13-11(8)16-7-10(14)15-3/h4,6,12H,5,7H2,1-3H3. The number of rotatable bonds is 5. The largest absolute Gasteiger partial charge is 0.468 e. The third kappa shape index (κ3) is 3.83. The zero-order valence-corrected chi connectivity index (χ0v) is 10.6. The number of methoxy groups -OCH3 is 1. The van der Waals surface area contributed by atoms with Crippen LogP contribution in [-0.4, -0.2) is 30.9 Å². The normalized spacial score (nSPS) is 10.2. The van der Waals surface area contributed by atoms with Crippen molar-refractivity contribution in [3.63, 3.8) is 0 Å². The van der Waals surface area contributed by atoms with E-state index < -0.39 is 0 Å². The minimum absolute atomic E-state index is 0.231. The molecule has 4 nitrogen and oxygen atoms in total. The van der Waals surface area contributed by atoms with E-state index in [4.69, 9.17) is 0 Å². The molecule has 1 heterocycles. The van der Waals surface area contributed by atoms with Gasteiger partial charge in [-0.25, -0.2) is 4.98 Å². The van der Waals surface area contributed by atoms with Gasteiger partial charge in [0.15, 0.2) is 0 Å². The number of aryl methyl sites for hydroxylation is 1. The number of esters is 1. The lowest BCUT2D eigenvalue weighted by atomic mass is 10.2. The molecular weight excluding hydrogens is 224 g/mol. The van der Waals surface area contributed by atoms with Crippen molar-refractivity contribution in [2.45, 2.75) is 18.5 Å². The average Bonchev–Trinajstić information content (AvgIpc) is 2.28. The molecule has 1 N–H and O–H groups in total. The molecule has 0 aliphatic rings. The molecular formula is C11H16N2O2S. The average molecular weight is 240 g/mol. The van der Waals surface area contributed by atoms with Gasteiger partial charge in [0.2, 0.25) is 0 Å². The Hall–Kier alpha value is -1.07. The topological polar surface area (TPSA) is 51.2 Å². The van der Waals surface area contributed by atoms with Gasteiger partial charge in [0, 0.05) is 12.7 Å². The van der Waals surface area contributed by atoms with E-state index in [9.17, 15) is 4.79 Å². The molecule has 88 valence electrons. The second-order valence-electron chi connectivity index (χ2n) is 3.36. The quantitative estimate of drug-likeness (QED) is 0.622. The number of ether oxygens (including phenoxy) is 1. The first kappa shape index (κ1) is 13.0. The lowest BCUT2D eigenvalue weighted by Crippen LogP contribution is -2.07. The Labute approximate surface area is 99.8 Å². The van der Waals surface area contributed by atoms with E-state index in [1.165, 1.54) is 18.9 Å². The predicted octanol–water partition coefficient (Wildman–Crippen LogP) is 1.37. The summed E-state index contributed by atoms with van der Waals surface area (Å²) in [7, 11) is 3.29. The molecule has 0 atom stereocenters. The third-order valence-corrected chi connectivity index (χ3v) is 3.10. The van der Waals surface area contributed by atoms with Crippen molar-refractivity contribution < 1.29 is 9.53 Å². The molecule has 1 aromatic rings. The number of nitrogens with zero attached hydrogens (tertiary/aromatic N) is 1. The van der Waals surface area contributed by atoms with Gasteiger partial charge in [-0.1, -0.05) is 17.8 Å². The lowest BCUT2D eigenvalue weighted by Gasteiger charge is -2.06. The zero-order valence-electron chi connectivity index (χ0n) is 9.74. The minimum Gasteiger partial charge on any atom is -0.468 e. The number of carbonyl (C=O) groups is 1. The highest BCUT2D eigenvalue weighted by Gasteiger charge is 2.06. The van der Waals surface area contributed by atoms with E-state index in [2.05, 4.69) is 21.1 Å². The number of hydrogen-bond acceptors (Lipinski definition) is 5. The van der Waals surface area contributed by atoms with Crippen molar-refractivity contribution in [2.75, 3.05) is 19.9 Å². The fourth-order valence-electron chi connectivity index (χ4n) is 1.26. The van der Waals surface area contributed by atoms with Crippen LogP contribution in [0.3, 0.4) is 0 Å². The van der Waals surface area contributed by atoms with E-state index in [1.54, 1.807) is 0 Å². The lowest BCUT2D eigenvalue weighted by molar-refractivity contribution is -0.137. The van der Waals surface area contributed by atoms with Crippen LogP contribution in [0.15, 0.2) is 17.3 Å². The van der Waals surface area contributed by atoms with Crippen LogP contribution in [0.4, 0.5) is 0 Å². The molecule has 0 spiro atoms. The molecule has 16 heavy (non-hydrogen) atoms. The molecule has 0 aliphatic heterocycles.